The fraction of sp³-hybridized carbons (Fsp3) is 0.429. The highest BCUT2D eigenvalue weighted by molar-refractivity contribution is 9.10. The summed E-state index contributed by atoms with van der Waals surface area (Å²) in [5.74, 6) is 0. The van der Waals surface area contributed by atoms with E-state index < -0.39 is 0 Å². The van der Waals surface area contributed by atoms with Gasteiger partial charge in [0.1, 0.15) is 0 Å². The third kappa shape index (κ3) is 1.41. The molecular weight excluding hydrogens is 234 g/mol. The Labute approximate surface area is 83.3 Å². The predicted molar refractivity (Wildman–Crippen MR) is 51.2 cm³/mol. The van der Waals surface area contributed by atoms with E-state index in [4.69, 9.17) is 0 Å². The van der Waals surface area contributed by atoms with Crippen LogP contribution in [0.4, 0.5) is 0 Å². The lowest BCUT2D eigenvalue weighted by atomic mass is 10.4. The van der Waals surface area contributed by atoms with Crippen molar-refractivity contribution in [2.24, 2.45) is 0 Å². The van der Waals surface area contributed by atoms with E-state index in [9.17, 15) is 0 Å². The Kier molecular flexibility index (Phi) is 1.99. The molecule has 68 valence electrons. The molecule has 0 saturated carbocycles. The summed E-state index contributed by atoms with van der Waals surface area (Å²) in [7, 11) is 0. The monoisotopic (exact) mass is 241 g/mol. The Bertz CT molecular complexity index is 435. The van der Waals surface area contributed by atoms with Gasteiger partial charge >= 0.3 is 0 Å². The van der Waals surface area contributed by atoms with E-state index in [-0.39, 0.29) is 6.04 Å². The van der Waals surface area contributed by atoms with Gasteiger partial charge in [-0.3, -0.25) is 0 Å². The van der Waals surface area contributed by atoms with Crippen LogP contribution in [0.3, 0.4) is 0 Å². The third-order valence-electron chi connectivity index (χ3n) is 1.68. The van der Waals surface area contributed by atoms with Gasteiger partial charge in [-0.15, -0.1) is 5.10 Å². The predicted octanol–water partition coefficient (Wildman–Crippen LogP) is 1.56. The Balaban J connectivity index is 2.71. The van der Waals surface area contributed by atoms with Gasteiger partial charge in [-0.1, -0.05) is 5.21 Å². The van der Waals surface area contributed by atoms with E-state index in [1.165, 1.54) is 0 Å². The summed E-state index contributed by atoms with van der Waals surface area (Å²) < 4.78 is 2.33. The van der Waals surface area contributed by atoms with Crippen LogP contribution in [0.5, 0.6) is 0 Å². The molecule has 0 fully saturated rings. The Morgan fingerprint density at radius 3 is 2.92 bits per heavy atom. The fourth-order valence-corrected chi connectivity index (χ4v) is 1.34. The van der Waals surface area contributed by atoms with Crippen molar-refractivity contribution in [3.05, 3.63) is 10.9 Å². The molecule has 0 bridgehead atoms. The minimum absolute atomic E-state index is 0.256. The first kappa shape index (κ1) is 8.55. The molecule has 0 amide bonds. The summed E-state index contributed by atoms with van der Waals surface area (Å²) in [6.07, 6.45) is 1.65. The second kappa shape index (κ2) is 3.02. The van der Waals surface area contributed by atoms with Gasteiger partial charge < -0.3 is 0 Å². The second-order valence-electron chi connectivity index (χ2n) is 2.98. The first-order chi connectivity index (χ1) is 6.18. The van der Waals surface area contributed by atoms with E-state index in [0.717, 1.165) is 11.2 Å². The van der Waals surface area contributed by atoms with Crippen molar-refractivity contribution < 1.29 is 0 Å². The van der Waals surface area contributed by atoms with Crippen LogP contribution < -0.4 is 0 Å². The quantitative estimate of drug-likeness (QED) is 0.712. The average Bonchev–Trinajstić information content (AvgIpc) is 2.46. The van der Waals surface area contributed by atoms with Crippen LogP contribution in [0.15, 0.2) is 10.9 Å². The summed E-state index contributed by atoms with van der Waals surface area (Å²) in [6, 6.07) is 0.256. The topological polar surface area (TPSA) is 56.5 Å². The van der Waals surface area contributed by atoms with Crippen molar-refractivity contribution in [2.45, 2.75) is 19.9 Å². The molecule has 0 spiro atoms. The van der Waals surface area contributed by atoms with Gasteiger partial charge in [0.15, 0.2) is 15.9 Å². The van der Waals surface area contributed by atoms with Gasteiger partial charge in [-0.25, -0.2) is 14.6 Å². The van der Waals surface area contributed by atoms with Gasteiger partial charge in [-0.2, -0.15) is 0 Å². The van der Waals surface area contributed by atoms with Crippen LogP contribution in [0, 0.1) is 0 Å². The highest BCUT2D eigenvalue weighted by Gasteiger charge is 2.08. The first-order valence-corrected chi connectivity index (χ1v) is 4.71. The SMILES string of the molecule is CC(C)n1nnc2cnc(Br)nc21. The first-order valence-electron chi connectivity index (χ1n) is 3.92. The molecule has 0 aromatic carbocycles. The van der Waals surface area contributed by atoms with Crippen LogP contribution in [-0.4, -0.2) is 25.0 Å². The zero-order valence-corrected chi connectivity index (χ0v) is 8.85. The van der Waals surface area contributed by atoms with Crippen molar-refractivity contribution in [1.29, 1.82) is 0 Å². The molecule has 0 aliphatic heterocycles. The van der Waals surface area contributed by atoms with Crippen LogP contribution >= 0.6 is 15.9 Å². The number of nitrogens with zero attached hydrogens (tertiary/aromatic N) is 5. The molecule has 5 nitrogen and oxygen atoms in total. The third-order valence-corrected chi connectivity index (χ3v) is 2.06. The Hall–Kier alpha value is -1.04. The summed E-state index contributed by atoms with van der Waals surface area (Å²) >= 11 is 3.21. The van der Waals surface area contributed by atoms with Crippen molar-refractivity contribution >= 4 is 27.1 Å². The lowest BCUT2D eigenvalue weighted by Crippen LogP contribution is -2.03. The molecule has 0 aliphatic rings. The number of rotatable bonds is 1. The van der Waals surface area contributed by atoms with Crippen molar-refractivity contribution in [3.8, 4) is 0 Å². The molecule has 2 heterocycles. The number of aromatic nitrogens is 5. The number of hydrogen-bond acceptors (Lipinski definition) is 4. The standard InChI is InChI=1S/C7H8BrN5/c1-4(2)13-6-5(11-12-13)3-9-7(8)10-6/h3-4H,1-2H3. The highest BCUT2D eigenvalue weighted by Crippen LogP contribution is 2.13. The molecule has 6 heteroatoms. The van der Waals surface area contributed by atoms with E-state index in [2.05, 4.69) is 36.2 Å². The van der Waals surface area contributed by atoms with Crippen LogP contribution in [0.2, 0.25) is 0 Å². The Morgan fingerprint density at radius 1 is 1.46 bits per heavy atom. The number of fused-ring (bicyclic) bond motifs is 1. The molecule has 0 saturated heterocycles. The molecule has 2 rings (SSSR count). The van der Waals surface area contributed by atoms with Gasteiger partial charge in [-0.05, 0) is 29.8 Å². The number of halogens is 1. The average molecular weight is 242 g/mol. The molecule has 0 aliphatic carbocycles. The largest absolute Gasteiger partial charge is 0.228 e. The lowest BCUT2D eigenvalue weighted by molar-refractivity contribution is 0.526. The highest BCUT2D eigenvalue weighted by atomic mass is 79.9. The summed E-state index contributed by atoms with van der Waals surface area (Å²) in [5, 5.41) is 7.93. The second-order valence-corrected chi connectivity index (χ2v) is 3.68. The molecule has 0 unspecified atom stereocenters. The normalized spacial score (nSPS) is 11.4. The summed E-state index contributed by atoms with van der Waals surface area (Å²) in [4.78, 5) is 8.17. The van der Waals surface area contributed by atoms with Crippen LogP contribution in [-0.2, 0) is 0 Å². The smallest absolute Gasteiger partial charge is 0.198 e. The van der Waals surface area contributed by atoms with E-state index in [1.807, 2.05) is 13.8 Å². The maximum Gasteiger partial charge on any atom is 0.198 e. The maximum atomic E-state index is 4.20. The van der Waals surface area contributed by atoms with Gasteiger partial charge in [0.2, 0.25) is 0 Å². The van der Waals surface area contributed by atoms with Crippen molar-refractivity contribution in [2.75, 3.05) is 0 Å². The van der Waals surface area contributed by atoms with Crippen LogP contribution in [0.1, 0.15) is 19.9 Å². The van der Waals surface area contributed by atoms with Crippen molar-refractivity contribution in [3.63, 3.8) is 0 Å². The van der Waals surface area contributed by atoms with Gasteiger partial charge in [0, 0.05) is 0 Å². The Morgan fingerprint density at radius 2 is 2.23 bits per heavy atom. The molecule has 0 N–H and O–H groups in total. The van der Waals surface area contributed by atoms with Gasteiger partial charge in [0.05, 0.1) is 12.2 Å². The molecule has 0 atom stereocenters. The maximum absolute atomic E-state index is 4.20. The van der Waals surface area contributed by atoms with Crippen molar-refractivity contribution in [1.82, 2.24) is 25.0 Å². The minimum atomic E-state index is 0.256. The van der Waals surface area contributed by atoms with E-state index >= 15 is 0 Å². The van der Waals surface area contributed by atoms with E-state index in [1.54, 1.807) is 10.9 Å². The molecule has 13 heavy (non-hydrogen) atoms. The fourth-order valence-electron chi connectivity index (χ4n) is 1.07. The zero-order valence-electron chi connectivity index (χ0n) is 7.27. The minimum Gasteiger partial charge on any atom is -0.228 e. The molecule has 2 aromatic rings. The molecule has 0 radical (unpaired) electrons. The zero-order chi connectivity index (χ0) is 9.42. The summed E-state index contributed by atoms with van der Waals surface area (Å²) in [5.41, 5.74) is 1.48. The summed E-state index contributed by atoms with van der Waals surface area (Å²) in [6.45, 7) is 4.06. The lowest BCUT2D eigenvalue weighted by Gasteiger charge is -2.03. The number of hydrogen-bond donors (Lipinski definition) is 0. The van der Waals surface area contributed by atoms with Crippen LogP contribution in [0.25, 0.3) is 11.2 Å². The van der Waals surface area contributed by atoms with E-state index in [0.29, 0.717) is 4.73 Å². The molecular formula is C7H8BrN5. The molecule has 2 aromatic heterocycles. The van der Waals surface area contributed by atoms with Gasteiger partial charge in [0.25, 0.3) is 0 Å².